The van der Waals surface area contributed by atoms with Crippen LogP contribution in [0.3, 0.4) is 0 Å². The standard InChI is InChI=1S/C15H17NO4/c1-9-13-14(20-15(2,3)19-13)12(16(9)17)10-5-7-11(18-4)8-6-10/h5-8,13-14H,1H2,2-4H3/t13-,14+/m1/s1. The lowest BCUT2D eigenvalue weighted by Crippen LogP contribution is -2.29. The third-order valence-corrected chi connectivity index (χ3v) is 3.56. The van der Waals surface area contributed by atoms with Gasteiger partial charge in [-0.2, -0.15) is 4.74 Å². The average Bonchev–Trinajstić information content (AvgIpc) is 2.84. The van der Waals surface area contributed by atoms with E-state index in [1.807, 2.05) is 38.1 Å². The highest BCUT2D eigenvalue weighted by Crippen LogP contribution is 2.37. The molecule has 2 atom stereocenters. The van der Waals surface area contributed by atoms with Gasteiger partial charge in [0.05, 0.1) is 7.11 Å². The molecular weight excluding hydrogens is 258 g/mol. The van der Waals surface area contributed by atoms with Gasteiger partial charge in [-0.05, 0) is 44.7 Å². The van der Waals surface area contributed by atoms with E-state index in [-0.39, 0.29) is 0 Å². The van der Waals surface area contributed by atoms with Crippen LogP contribution < -0.4 is 4.74 Å². The van der Waals surface area contributed by atoms with Crippen LogP contribution >= 0.6 is 0 Å². The summed E-state index contributed by atoms with van der Waals surface area (Å²) in [5.41, 5.74) is 1.70. The Balaban J connectivity index is 2.00. The number of fused-ring (bicyclic) bond motifs is 1. The molecule has 0 unspecified atom stereocenters. The molecule has 5 nitrogen and oxygen atoms in total. The number of benzene rings is 1. The van der Waals surface area contributed by atoms with E-state index in [4.69, 9.17) is 14.2 Å². The lowest BCUT2D eigenvalue weighted by Gasteiger charge is -2.18. The molecule has 1 aromatic rings. The third kappa shape index (κ3) is 1.90. The summed E-state index contributed by atoms with van der Waals surface area (Å²) in [6, 6.07) is 7.30. The highest BCUT2D eigenvalue weighted by atomic mass is 16.8. The molecule has 3 rings (SSSR count). The molecule has 0 saturated carbocycles. The van der Waals surface area contributed by atoms with Gasteiger partial charge in [-0.3, -0.25) is 0 Å². The molecule has 0 N–H and O–H groups in total. The molecule has 106 valence electrons. The predicted octanol–water partition coefficient (Wildman–Crippen LogP) is 2.04. The van der Waals surface area contributed by atoms with Gasteiger partial charge in [-0.1, -0.05) is 0 Å². The van der Waals surface area contributed by atoms with Crippen LogP contribution in [0.1, 0.15) is 19.4 Å². The second-order valence-electron chi connectivity index (χ2n) is 5.38. The summed E-state index contributed by atoms with van der Waals surface area (Å²) in [6.45, 7) is 7.48. The van der Waals surface area contributed by atoms with Crippen molar-refractivity contribution in [3.8, 4) is 5.75 Å². The van der Waals surface area contributed by atoms with E-state index in [9.17, 15) is 5.21 Å². The fourth-order valence-corrected chi connectivity index (χ4v) is 2.63. The molecule has 20 heavy (non-hydrogen) atoms. The second-order valence-corrected chi connectivity index (χ2v) is 5.38. The van der Waals surface area contributed by atoms with Crippen LogP contribution in [-0.2, 0) is 9.47 Å². The van der Waals surface area contributed by atoms with Gasteiger partial charge >= 0.3 is 0 Å². The van der Waals surface area contributed by atoms with E-state index in [1.165, 1.54) is 0 Å². The zero-order chi connectivity index (χ0) is 14.5. The number of methoxy groups -OCH3 is 1. The molecule has 1 fully saturated rings. The molecule has 0 aliphatic carbocycles. The maximum atomic E-state index is 12.3. The van der Waals surface area contributed by atoms with Crippen LogP contribution in [0.4, 0.5) is 0 Å². The van der Waals surface area contributed by atoms with Crippen molar-refractivity contribution in [3.05, 3.63) is 47.3 Å². The van der Waals surface area contributed by atoms with Gasteiger partial charge in [0.2, 0.25) is 11.4 Å². The molecule has 2 aliphatic rings. The van der Waals surface area contributed by atoms with Gasteiger partial charge in [0.1, 0.15) is 5.75 Å². The Morgan fingerprint density at radius 1 is 1.20 bits per heavy atom. The molecule has 0 spiro atoms. The first kappa shape index (κ1) is 13.1. The maximum absolute atomic E-state index is 12.3. The summed E-state index contributed by atoms with van der Waals surface area (Å²) in [4.78, 5) is 0. The first-order valence-corrected chi connectivity index (χ1v) is 6.46. The Hall–Kier alpha value is -1.85. The number of hydrogen-bond acceptors (Lipinski definition) is 4. The van der Waals surface area contributed by atoms with Crippen molar-refractivity contribution < 1.29 is 18.9 Å². The molecule has 1 saturated heterocycles. The van der Waals surface area contributed by atoms with Crippen LogP contribution in [0, 0.1) is 5.21 Å². The summed E-state index contributed by atoms with van der Waals surface area (Å²) in [5.74, 6) is 0.0288. The summed E-state index contributed by atoms with van der Waals surface area (Å²) in [5, 5.41) is 12.3. The summed E-state index contributed by atoms with van der Waals surface area (Å²) >= 11 is 0. The fraction of sp³-hybridized carbons (Fsp3) is 0.400. The van der Waals surface area contributed by atoms with Crippen molar-refractivity contribution in [2.45, 2.75) is 31.8 Å². The van der Waals surface area contributed by atoms with Gasteiger partial charge in [0, 0.05) is 5.56 Å². The van der Waals surface area contributed by atoms with Gasteiger partial charge < -0.3 is 19.4 Å². The van der Waals surface area contributed by atoms with E-state index in [0.29, 0.717) is 11.4 Å². The maximum Gasteiger partial charge on any atom is 0.232 e. The Morgan fingerprint density at radius 3 is 2.40 bits per heavy atom. The molecule has 0 bridgehead atoms. The quantitative estimate of drug-likeness (QED) is 0.612. The summed E-state index contributed by atoms with van der Waals surface area (Å²) < 4.78 is 17.5. The summed E-state index contributed by atoms with van der Waals surface area (Å²) in [7, 11) is 1.60. The number of hydroxylamine groups is 1. The summed E-state index contributed by atoms with van der Waals surface area (Å²) in [6.07, 6.45) is -0.831. The topological polar surface area (TPSA) is 53.8 Å². The normalized spacial score (nSPS) is 27.9. The van der Waals surface area contributed by atoms with Crippen LogP contribution in [0.25, 0.3) is 0 Å². The largest absolute Gasteiger partial charge is 0.618 e. The fourth-order valence-electron chi connectivity index (χ4n) is 2.63. The minimum Gasteiger partial charge on any atom is -0.618 e. The molecule has 2 aliphatic heterocycles. The van der Waals surface area contributed by atoms with Gasteiger partial charge in [0.25, 0.3) is 0 Å². The minimum absolute atomic E-state index is 0.381. The highest BCUT2D eigenvalue weighted by Gasteiger charge is 2.55. The first-order valence-electron chi connectivity index (χ1n) is 6.46. The van der Waals surface area contributed by atoms with Crippen molar-refractivity contribution in [3.63, 3.8) is 0 Å². The Kier molecular flexibility index (Phi) is 2.84. The lowest BCUT2D eigenvalue weighted by molar-refractivity contribution is -0.406. The first-order chi connectivity index (χ1) is 9.43. The van der Waals surface area contributed by atoms with Crippen LogP contribution in [0.5, 0.6) is 5.75 Å². The van der Waals surface area contributed by atoms with Crippen molar-refractivity contribution >= 4 is 5.71 Å². The highest BCUT2D eigenvalue weighted by molar-refractivity contribution is 6.02. The molecule has 0 aromatic heterocycles. The SMILES string of the molecule is C=C1[C@H]2OC(C)(C)O[C@H]2C(c2ccc(OC)cc2)=[N+]1[O-]. The number of ether oxygens (including phenoxy) is 3. The molecular formula is C15H17NO4. The number of rotatable bonds is 2. The lowest BCUT2D eigenvalue weighted by atomic mass is 10.0. The minimum atomic E-state index is -0.711. The zero-order valence-electron chi connectivity index (χ0n) is 11.8. The van der Waals surface area contributed by atoms with Crippen molar-refractivity contribution in [1.82, 2.24) is 0 Å². The molecule has 2 heterocycles. The average molecular weight is 275 g/mol. The van der Waals surface area contributed by atoms with E-state index in [1.54, 1.807) is 7.11 Å². The number of nitrogens with zero attached hydrogens (tertiary/aromatic N) is 1. The molecule has 1 aromatic carbocycles. The molecule has 0 amide bonds. The smallest absolute Gasteiger partial charge is 0.232 e. The van der Waals surface area contributed by atoms with Crippen molar-refractivity contribution in [2.24, 2.45) is 0 Å². The molecule has 0 radical (unpaired) electrons. The Morgan fingerprint density at radius 2 is 1.80 bits per heavy atom. The van der Waals surface area contributed by atoms with Gasteiger partial charge in [-0.15, -0.1) is 0 Å². The monoisotopic (exact) mass is 275 g/mol. The Bertz CT molecular complexity index is 588. The van der Waals surface area contributed by atoms with Crippen LogP contribution in [-0.4, -0.2) is 35.6 Å². The van der Waals surface area contributed by atoms with E-state index in [2.05, 4.69) is 6.58 Å². The van der Waals surface area contributed by atoms with Crippen LogP contribution in [0.15, 0.2) is 36.5 Å². The van der Waals surface area contributed by atoms with E-state index >= 15 is 0 Å². The van der Waals surface area contributed by atoms with Gasteiger partial charge in [0.15, 0.2) is 18.0 Å². The van der Waals surface area contributed by atoms with E-state index < -0.39 is 18.0 Å². The second kappa shape index (κ2) is 4.33. The molecule has 5 heteroatoms. The predicted molar refractivity (Wildman–Crippen MR) is 73.7 cm³/mol. The van der Waals surface area contributed by atoms with Crippen molar-refractivity contribution in [2.75, 3.05) is 7.11 Å². The Labute approximate surface area is 117 Å². The number of hydrogen-bond donors (Lipinski definition) is 0. The zero-order valence-corrected chi connectivity index (χ0v) is 11.8. The third-order valence-electron chi connectivity index (χ3n) is 3.56. The van der Waals surface area contributed by atoms with Crippen molar-refractivity contribution in [1.29, 1.82) is 0 Å². The van der Waals surface area contributed by atoms with E-state index in [0.717, 1.165) is 16.1 Å². The van der Waals surface area contributed by atoms with Crippen LogP contribution in [0.2, 0.25) is 0 Å². The van der Waals surface area contributed by atoms with Gasteiger partial charge in [-0.25, -0.2) is 0 Å².